The van der Waals surface area contributed by atoms with E-state index in [0.29, 0.717) is 56.5 Å². The zero-order valence-corrected chi connectivity index (χ0v) is 21.0. The first-order valence-corrected chi connectivity index (χ1v) is 11.6. The highest BCUT2D eigenvalue weighted by Gasteiger charge is 2.19. The number of hydrogen-bond acceptors (Lipinski definition) is 6. The summed E-state index contributed by atoms with van der Waals surface area (Å²) in [6.45, 7) is 4.34. The maximum Gasteiger partial charge on any atom is 0.255 e. The Morgan fingerprint density at radius 1 is 1.03 bits per heavy atom. The molecule has 0 aliphatic carbocycles. The fourth-order valence-corrected chi connectivity index (χ4v) is 3.94. The molecular weight excluding hydrogens is 468 g/mol. The monoisotopic (exact) mass is 494 g/mol. The second kappa shape index (κ2) is 10.3. The van der Waals surface area contributed by atoms with Gasteiger partial charge >= 0.3 is 0 Å². The molecule has 0 aliphatic heterocycles. The standard InChI is InChI=1S/C27H27ClN2O5/c1-6-15(2)16-8-10-22-21(11-16)30-27(35-22)17-7-9-19(28)20(12-17)29-26(31)18-13-23(32-3)25(34-5)24(14-18)33-4/h7-15H,6H2,1-5H3,(H,29,31). The Hall–Kier alpha value is -3.71. The molecule has 3 aromatic carbocycles. The quantitative estimate of drug-likeness (QED) is 0.285. The molecule has 8 heteroatoms. The van der Waals surface area contributed by atoms with Gasteiger partial charge < -0.3 is 23.9 Å². The van der Waals surface area contributed by atoms with E-state index in [1.165, 1.54) is 26.9 Å². The van der Waals surface area contributed by atoms with Gasteiger partial charge in [-0.15, -0.1) is 0 Å². The van der Waals surface area contributed by atoms with E-state index in [4.69, 9.17) is 30.2 Å². The smallest absolute Gasteiger partial charge is 0.255 e. The van der Waals surface area contributed by atoms with Crippen molar-refractivity contribution in [3.63, 3.8) is 0 Å². The van der Waals surface area contributed by atoms with E-state index in [-0.39, 0.29) is 5.91 Å². The van der Waals surface area contributed by atoms with Crippen molar-refractivity contribution in [1.82, 2.24) is 4.98 Å². The third kappa shape index (κ3) is 4.91. The molecule has 1 atom stereocenters. The average molecular weight is 495 g/mol. The van der Waals surface area contributed by atoms with Crippen molar-refractivity contribution in [2.24, 2.45) is 0 Å². The molecule has 0 aliphatic rings. The van der Waals surface area contributed by atoms with Crippen LogP contribution in [0.5, 0.6) is 17.2 Å². The Morgan fingerprint density at radius 3 is 2.37 bits per heavy atom. The normalized spacial score (nSPS) is 11.8. The van der Waals surface area contributed by atoms with Gasteiger partial charge in [0.2, 0.25) is 11.6 Å². The van der Waals surface area contributed by atoms with Gasteiger partial charge in [0.1, 0.15) is 5.52 Å². The highest BCUT2D eigenvalue weighted by molar-refractivity contribution is 6.34. The van der Waals surface area contributed by atoms with Crippen molar-refractivity contribution in [1.29, 1.82) is 0 Å². The van der Waals surface area contributed by atoms with Crippen LogP contribution in [0.2, 0.25) is 5.02 Å². The fraction of sp³-hybridized carbons (Fsp3) is 0.259. The molecule has 0 saturated carbocycles. The van der Waals surface area contributed by atoms with Crippen LogP contribution in [0.15, 0.2) is 52.9 Å². The number of fused-ring (bicyclic) bond motifs is 1. The van der Waals surface area contributed by atoms with Gasteiger partial charge in [-0.3, -0.25) is 4.79 Å². The van der Waals surface area contributed by atoms with Gasteiger partial charge in [-0.2, -0.15) is 0 Å². The number of halogens is 1. The largest absolute Gasteiger partial charge is 0.493 e. The Bertz CT molecular complexity index is 1360. The van der Waals surface area contributed by atoms with Gasteiger partial charge in [0.05, 0.1) is 32.0 Å². The summed E-state index contributed by atoms with van der Waals surface area (Å²) in [6, 6.07) is 14.4. The van der Waals surface area contributed by atoms with Crippen molar-refractivity contribution >= 4 is 34.3 Å². The zero-order valence-electron chi connectivity index (χ0n) is 20.3. The first-order chi connectivity index (χ1) is 16.9. The minimum absolute atomic E-state index is 0.320. The van der Waals surface area contributed by atoms with Crippen LogP contribution in [-0.2, 0) is 0 Å². The zero-order chi connectivity index (χ0) is 25.1. The van der Waals surface area contributed by atoms with E-state index in [1.54, 1.807) is 30.3 Å². The number of aromatic nitrogens is 1. The van der Waals surface area contributed by atoms with Gasteiger partial charge in [-0.1, -0.05) is 31.5 Å². The van der Waals surface area contributed by atoms with Crippen molar-refractivity contribution in [2.45, 2.75) is 26.2 Å². The van der Waals surface area contributed by atoms with Crippen LogP contribution in [0.3, 0.4) is 0 Å². The predicted octanol–water partition coefficient (Wildman–Crippen LogP) is 6.94. The molecule has 0 bridgehead atoms. The summed E-state index contributed by atoms with van der Waals surface area (Å²) in [4.78, 5) is 17.7. The number of amides is 1. The number of carbonyl (C=O) groups excluding carboxylic acids is 1. The van der Waals surface area contributed by atoms with Crippen molar-refractivity contribution in [3.8, 4) is 28.7 Å². The number of ether oxygens (including phenoxy) is 3. The summed E-state index contributed by atoms with van der Waals surface area (Å²) in [5.74, 6) is 1.65. The van der Waals surface area contributed by atoms with E-state index in [1.807, 2.05) is 6.07 Å². The minimum atomic E-state index is -0.390. The van der Waals surface area contributed by atoms with Crippen molar-refractivity contribution < 1.29 is 23.4 Å². The summed E-state index contributed by atoms with van der Waals surface area (Å²) in [5.41, 5.74) is 4.14. The summed E-state index contributed by atoms with van der Waals surface area (Å²) < 4.78 is 22.0. The Balaban J connectivity index is 1.65. The molecule has 182 valence electrons. The Labute approximate surface area is 209 Å². The van der Waals surface area contributed by atoms with Crippen LogP contribution in [0.1, 0.15) is 42.1 Å². The SMILES string of the molecule is CCC(C)c1ccc2oc(-c3ccc(Cl)c(NC(=O)c4cc(OC)c(OC)c(OC)c4)c3)nc2c1. The lowest BCUT2D eigenvalue weighted by Gasteiger charge is -2.14. The van der Waals surface area contributed by atoms with Crippen LogP contribution in [-0.4, -0.2) is 32.2 Å². The van der Waals surface area contributed by atoms with Gasteiger partial charge in [-0.05, 0) is 60.4 Å². The molecule has 7 nitrogen and oxygen atoms in total. The third-order valence-electron chi connectivity index (χ3n) is 5.98. The lowest BCUT2D eigenvalue weighted by molar-refractivity contribution is 0.102. The van der Waals surface area contributed by atoms with E-state index >= 15 is 0 Å². The molecule has 1 heterocycles. The molecule has 4 aromatic rings. The number of nitrogens with one attached hydrogen (secondary N) is 1. The molecule has 1 N–H and O–H groups in total. The third-order valence-corrected chi connectivity index (χ3v) is 6.31. The summed E-state index contributed by atoms with van der Waals surface area (Å²) in [7, 11) is 4.49. The van der Waals surface area contributed by atoms with E-state index in [2.05, 4.69) is 36.3 Å². The molecule has 4 rings (SSSR count). The van der Waals surface area contributed by atoms with Gasteiger partial charge in [0.15, 0.2) is 17.1 Å². The second-order valence-electron chi connectivity index (χ2n) is 8.12. The van der Waals surface area contributed by atoms with E-state index in [0.717, 1.165) is 11.9 Å². The first kappa shape index (κ1) is 24.4. The number of benzene rings is 3. The van der Waals surface area contributed by atoms with Crippen LogP contribution in [0.25, 0.3) is 22.6 Å². The Kier molecular flexibility index (Phi) is 7.17. The second-order valence-corrected chi connectivity index (χ2v) is 8.53. The number of oxazole rings is 1. The topological polar surface area (TPSA) is 82.8 Å². The Morgan fingerprint density at radius 2 is 1.74 bits per heavy atom. The molecule has 0 radical (unpaired) electrons. The fourth-order valence-electron chi connectivity index (χ4n) is 3.77. The number of rotatable bonds is 8. The minimum Gasteiger partial charge on any atom is -0.493 e. The molecule has 1 aromatic heterocycles. The van der Waals surface area contributed by atoms with Gasteiger partial charge in [0.25, 0.3) is 5.91 Å². The number of carbonyl (C=O) groups is 1. The maximum atomic E-state index is 13.1. The van der Waals surface area contributed by atoms with E-state index in [9.17, 15) is 4.79 Å². The van der Waals surface area contributed by atoms with Crippen molar-refractivity contribution in [2.75, 3.05) is 26.6 Å². The summed E-state index contributed by atoms with van der Waals surface area (Å²) in [6.07, 6.45) is 1.04. The lowest BCUT2D eigenvalue weighted by atomic mass is 9.98. The molecule has 1 amide bonds. The first-order valence-electron chi connectivity index (χ1n) is 11.2. The molecule has 35 heavy (non-hydrogen) atoms. The van der Waals surface area contributed by atoms with E-state index < -0.39 is 0 Å². The molecule has 0 spiro atoms. The van der Waals surface area contributed by atoms with Crippen molar-refractivity contribution in [3.05, 3.63) is 64.7 Å². The number of anilines is 1. The van der Waals surface area contributed by atoms with Crippen LogP contribution < -0.4 is 19.5 Å². The van der Waals surface area contributed by atoms with Crippen LogP contribution in [0.4, 0.5) is 5.69 Å². The molecule has 0 fully saturated rings. The molecular formula is C27H27ClN2O5. The van der Waals surface area contributed by atoms with Crippen LogP contribution >= 0.6 is 11.6 Å². The highest BCUT2D eigenvalue weighted by atomic mass is 35.5. The molecule has 1 unspecified atom stereocenters. The van der Waals surface area contributed by atoms with Gasteiger partial charge in [0, 0.05) is 11.1 Å². The predicted molar refractivity (Wildman–Crippen MR) is 137 cm³/mol. The number of nitrogens with zero attached hydrogens (tertiary/aromatic N) is 1. The molecule has 0 saturated heterocycles. The maximum absolute atomic E-state index is 13.1. The highest BCUT2D eigenvalue weighted by Crippen LogP contribution is 2.39. The number of hydrogen-bond donors (Lipinski definition) is 1. The summed E-state index contributed by atoms with van der Waals surface area (Å²) >= 11 is 6.40. The van der Waals surface area contributed by atoms with Gasteiger partial charge in [-0.25, -0.2) is 4.98 Å². The lowest BCUT2D eigenvalue weighted by Crippen LogP contribution is -2.13. The average Bonchev–Trinajstić information content (AvgIpc) is 3.31. The summed E-state index contributed by atoms with van der Waals surface area (Å²) in [5, 5.41) is 3.23. The van der Waals surface area contributed by atoms with Crippen LogP contribution in [0, 0.1) is 0 Å². The number of methoxy groups -OCH3 is 3.